The molecule has 11 aromatic rings. The topological polar surface area (TPSA) is 61.4 Å². The molecule has 0 atom stereocenters. The first-order valence-corrected chi connectivity index (χ1v) is 19.6. The average molecular weight is 745 g/mol. The highest BCUT2D eigenvalue weighted by Gasteiger charge is 2.20. The van der Waals surface area contributed by atoms with Crippen LogP contribution in [0.5, 0.6) is 0 Å². The van der Waals surface area contributed by atoms with Crippen LogP contribution in [0.15, 0.2) is 182 Å². The number of fused-ring (bicyclic) bond motifs is 6. The van der Waals surface area contributed by atoms with E-state index in [1.54, 1.807) is 0 Å². The third-order valence-electron chi connectivity index (χ3n) is 11.3. The van der Waals surface area contributed by atoms with Gasteiger partial charge in [0.05, 0.1) is 16.6 Å². The van der Waals surface area contributed by atoms with Gasteiger partial charge in [-0.15, -0.1) is 0 Å². The van der Waals surface area contributed by atoms with Gasteiger partial charge in [0.2, 0.25) is 0 Å². The Bertz CT molecular complexity index is 3310. The van der Waals surface area contributed by atoms with E-state index in [1.165, 1.54) is 27.6 Å². The molecule has 0 saturated heterocycles. The molecule has 0 aliphatic carbocycles. The summed E-state index contributed by atoms with van der Waals surface area (Å²) in [5.74, 6) is 1.89. The van der Waals surface area contributed by atoms with Gasteiger partial charge in [0, 0.05) is 55.8 Å². The molecule has 4 aromatic heterocycles. The number of aromatic nitrogens is 6. The van der Waals surface area contributed by atoms with Crippen LogP contribution in [0.3, 0.4) is 0 Å². The first kappa shape index (κ1) is 33.6. The number of rotatable bonds is 6. The second kappa shape index (κ2) is 13.5. The zero-order valence-corrected chi connectivity index (χ0v) is 32.0. The van der Waals surface area contributed by atoms with Crippen molar-refractivity contribution in [3.8, 4) is 56.7 Å². The molecule has 11 rings (SSSR count). The van der Waals surface area contributed by atoms with Crippen molar-refractivity contribution < 1.29 is 0 Å². The molecule has 4 heterocycles. The highest BCUT2D eigenvalue weighted by molar-refractivity contribution is 6.12. The summed E-state index contributed by atoms with van der Waals surface area (Å²) in [6, 6.07) is 61.8. The van der Waals surface area contributed by atoms with Gasteiger partial charge in [-0.25, -0.2) is 19.9 Å². The molecular formula is C52H36N6. The van der Waals surface area contributed by atoms with E-state index in [0.717, 1.165) is 66.4 Å². The van der Waals surface area contributed by atoms with Crippen LogP contribution in [0.25, 0.3) is 100 Å². The molecule has 274 valence electrons. The Balaban J connectivity index is 1.12. The molecular weight excluding hydrogens is 709 g/mol. The van der Waals surface area contributed by atoms with Crippen molar-refractivity contribution in [2.75, 3.05) is 0 Å². The van der Waals surface area contributed by atoms with E-state index in [2.05, 4.69) is 175 Å². The predicted molar refractivity (Wildman–Crippen MR) is 238 cm³/mol. The summed E-state index contributed by atoms with van der Waals surface area (Å²) < 4.78 is 4.63. The minimum Gasteiger partial charge on any atom is -0.309 e. The molecule has 0 aliphatic heterocycles. The molecule has 6 heteroatoms. The third-order valence-corrected chi connectivity index (χ3v) is 11.3. The van der Waals surface area contributed by atoms with Crippen molar-refractivity contribution in [3.63, 3.8) is 0 Å². The van der Waals surface area contributed by atoms with E-state index < -0.39 is 0 Å². The lowest BCUT2D eigenvalue weighted by Crippen LogP contribution is -2.01. The standard InChI is InChI=1S/C52H36N6/c1-33-14-9-10-19-40(33)44-30-36(24-23-34(44)2)50-54-49(35-15-5-3-6-16-35)55-51(56-50)37-25-28-47-45(31-37)42-27-26-39(32-48(42)57(47)38-17-7-4-8-18-38)58-46-22-12-11-20-41(46)43-21-13-29-53-52(43)58/h3-32H,1-2H3. The fourth-order valence-electron chi connectivity index (χ4n) is 8.48. The summed E-state index contributed by atoms with van der Waals surface area (Å²) in [5.41, 5.74) is 14.0. The number of pyridine rings is 1. The van der Waals surface area contributed by atoms with E-state index in [9.17, 15) is 0 Å². The highest BCUT2D eigenvalue weighted by atomic mass is 15.1. The monoisotopic (exact) mass is 744 g/mol. The van der Waals surface area contributed by atoms with E-state index in [-0.39, 0.29) is 0 Å². The van der Waals surface area contributed by atoms with E-state index in [0.29, 0.717) is 17.5 Å². The molecule has 0 spiro atoms. The van der Waals surface area contributed by atoms with Gasteiger partial charge in [-0.05, 0) is 103 Å². The molecule has 0 fully saturated rings. The van der Waals surface area contributed by atoms with Gasteiger partial charge in [-0.1, -0.05) is 109 Å². The van der Waals surface area contributed by atoms with Crippen molar-refractivity contribution in [2.24, 2.45) is 0 Å². The lowest BCUT2D eigenvalue weighted by atomic mass is 9.95. The van der Waals surface area contributed by atoms with Crippen molar-refractivity contribution >= 4 is 43.7 Å². The zero-order chi connectivity index (χ0) is 38.7. The number of hydrogen-bond donors (Lipinski definition) is 0. The molecule has 7 aromatic carbocycles. The first-order chi connectivity index (χ1) is 28.6. The number of aryl methyl sites for hydroxylation is 2. The lowest BCUT2D eigenvalue weighted by molar-refractivity contribution is 1.07. The fraction of sp³-hybridized carbons (Fsp3) is 0.0385. The van der Waals surface area contributed by atoms with Crippen molar-refractivity contribution in [2.45, 2.75) is 13.8 Å². The predicted octanol–water partition coefficient (Wildman–Crippen LogP) is 12.7. The number of para-hydroxylation sites is 2. The van der Waals surface area contributed by atoms with E-state index in [1.807, 2.05) is 30.5 Å². The highest BCUT2D eigenvalue weighted by Crippen LogP contribution is 2.38. The number of benzene rings is 7. The first-order valence-electron chi connectivity index (χ1n) is 19.6. The SMILES string of the molecule is Cc1ccccc1-c1cc(-c2nc(-c3ccccc3)nc(-c3ccc4c(c3)c3ccc(-n5c6ccccc6c6cccnc65)cc3n4-c3ccccc3)n2)ccc1C. The number of hydrogen-bond acceptors (Lipinski definition) is 4. The lowest BCUT2D eigenvalue weighted by Gasteiger charge is -2.13. The molecule has 0 unspecified atom stereocenters. The summed E-state index contributed by atoms with van der Waals surface area (Å²) in [6.45, 7) is 4.31. The van der Waals surface area contributed by atoms with Crippen LogP contribution in [0.2, 0.25) is 0 Å². The van der Waals surface area contributed by atoms with Crippen molar-refractivity contribution in [3.05, 3.63) is 193 Å². The summed E-state index contributed by atoms with van der Waals surface area (Å²) in [4.78, 5) is 20.3. The number of nitrogens with zero attached hydrogens (tertiary/aromatic N) is 6. The molecule has 0 N–H and O–H groups in total. The maximum absolute atomic E-state index is 5.20. The molecule has 0 aliphatic rings. The second-order valence-corrected chi connectivity index (χ2v) is 14.8. The Morgan fingerprint density at radius 3 is 1.79 bits per heavy atom. The van der Waals surface area contributed by atoms with Gasteiger partial charge in [-0.3, -0.25) is 4.57 Å². The fourth-order valence-corrected chi connectivity index (χ4v) is 8.48. The van der Waals surface area contributed by atoms with Crippen LogP contribution in [0, 0.1) is 13.8 Å². The Morgan fingerprint density at radius 1 is 0.362 bits per heavy atom. The van der Waals surface area contributed by atoms with Crippen LogP contribution in [0.4, 0.5) is 0 Å². The van der Waals surface area contributed by atoms with Gasteiger partial charge in [0.1, 0.15) is 5.65 Å². The van der Waals surface area contributed by atoms with Gasteiger partial charge in [-0.2, -0.15) is 0 Å². The largest absolute Gasteiger partial charge is 0.309 e. The normalized spacial score (nSPS) is 11.6. The van der Waals surface area contributed by atoms with Gasteiger partial charge < -0.3 is 4.57 Å². The Labute approximate surface area is 335 Å². The van der Waals surface area contributed by atoms with Gasteiger partial charge in [0.25, 0.3) is 0 Å². The second-order valence-electron chi connectivity index (χ2n) is 14.8. The maximum atomic E-state index is 5.20. The minimum absolute atomic E-state index is 0.623. The van der Waals surface area contributed by atoms with E-state index in [4.69, 9.17) is 19.9 Å². The summed E-state index contributed by atoms with van der Waals surface area (Å²) in [5, 5.41) is 4.57. The van der Waals surface area contributed by atoms with E-state index >= 15 is 0 Å². The summed E-state index contributed by atoms with van der Waals surface area (Å²) in [7, 11) is 0. The van der Waals surface area contributed by atoms with Crippen LogP contribution in [0.1, 0.15) is 11.1 Å². The Kier molecular flexibility index (Phi) is 7.83. The van der Waals surface area contributed by atoms with Crippen LogP contribution >= 0.6 is 0 Å². The molecule has 0 amide bonds. The molecule has 0 saturated carbocycles. The van der Waals surface area contributed by atoms with Crippen LogP contribution in [-0.2, 0) is 0 Å². The molecule has 0 radical (unpaired) electrons. The van der Waals surface area contributed by atoms with Crippen LogP contribution < -0.4 is 0 Å². The zero-order valence-electron chi connectivity index (χ0n) is 32.0. The quantitative estimate of drug-likeness (QED) is 0.170. The molecule has 0 bridgehead atoms. The van der Waals surface area contributed by atoms with Gasteiger partial charge >= 0.3 is 0 Å². The molecule has 6 nitrogen and oxygen atoms in total. The molecule has 58 heavy (non-hydrogen) atoms. The van der Waals surface area contributed by atoms with Crippen molar-refractivity contribution in [1.82, 2.24) is 29.1 Å². The Hall–Kier alpha value is -7.70. The smallest absolute Gasteiger partial charge is 0.164 e. The van der Waals surface area contributed by atoms with Crippen molar-refractivity contribution in [1.29, 1.82) is 0 Å². The van der Waals surface area contributed by atoms with Gasteiger partial charge in [0.15, 0.2) is 17.5 Å². The summed E-state index contributed by atoms with van der Waals surface area (Å²) >= 11 is 0. The Morgan fingerprint density at radius 2 is 0.983 bits per heavy atom. The third kappa shape index (κ3) is 5.49. The summed E-state index contributed by atoms with van der Waals surface area (Å²) in [6.07, 6.45) is 1.87. The average Bonchev–Trinajstić information content (AvgIpc) is 3.79. The van der Waals surface area contributed by atoms with Crippen LogP contribution in [-0.4, -0.2) is 29.1 Å². The minimum atomic E-state index is 0.623. The maximum Gasteiger partial charge on any atom is 0.164 e.